The molecule has 7 heteroatoms. The molecule has 0 amide bonds. The second kappa shape index (κ2) is 8.40. The Hall–Kier alpha value is -2.72. The van der Waals surface area contributed by atoms with Gasteiger partial charge in [-0.3, -0.25) is 0 Å². The summed E-state index contributed by atoms with van der Waals surface area (Å²) in [5, 5.41) is 0. The molecule has 0 N–H and O–H groups in total. The van der Waals surface area contributed by atoms with Crippen molar-refractivity contribution in [1.29, 1.82) is 0 Å². The fraction of sp³-hybridized carbons (Fsp3) is 0.222. The summed E-state index contributed by atoms with van der Waals surface area (Å²) in [5.74, 6) is 2.94. The SMILES string of the molecule is CC#Cc1cc(OC(F)(F)F)cc(F)c1OCOCc1ccccc1. The number of hydrogen-bond acceptors (Lipinski definition) is 3. The number of benzene rings is 2. The molecule has 25 heavy (non-hydrogen) atoms. The van der Waals surface area contributed by atoms with E-state index in [0.717, 1.165) is 11.6 Å². The van der Waals surface area contributed by atoms with Crippen LogP contribution in [0.15, 0.2) is 42.5 Å². The molecule has 3 nitrogen and oxygen atoms in total. The van der Waals surface area contributed by atoms with Gasteiger partial charge in [0.05, 0.1) is 12.2 Å². The Labute approximate surface area is 142 Å². The molecule has 0 bridgehead atoms. The lowest BCUT2D eigenvalue weighted by atomic mass is 10.2. The molecular weight excluding hydrogens is 340 g/mol. The molecule has 0 fully saturated rings. The van der Waals surface area contributed by atoms with E-state index < -0.39 is 17.9 Å². The van der Waals surface area contributed by atoms with Gasteiger partial charge >= 0.3 is 6.36 Å². The second-order valence-electron chi connectivity index (χ2n) is 4.80. The van der Waals surface area contributed by atoms with Gasteiger partial charge in [-0.1, -0.05) is 36.3 Å². The fourth-order valence-corrected chi connectivity index (χ4v) is 1.97. The van der Waals surface area contributed by atoms with Gasteiger partial charge in [0.2, 0.25) is 0 Å². The van der Waals surface area contributed by atoms with Crippen molar-refractivity contribution in [1.82, 2.24) is 0 Å². The number of rotatable bonds is 6. The molecule has 132 valence electrons. The molecule has 2 aromatic rings. The van der Waals surface area contributed by atoms with Crippen molar-refractivity contribution < 1.29 is 31.8 Å². The molecule has 0 saturated carbocycles. The fourth-order valence-electron chi connectivity index (χ4n) is 1.97. The average Bonchev–Trinajstić information content (AvgIpc) is 2.53. The molecule has 0 spiro atoms. The molecule has 0 aliphatic carbocycles. The minimum atomic E-state index is -4.93. The monoisotopic (exact) mass is 354 g/mol. The standard InChI is InChI=1S/C18H14F4O3/c1-2-6-14-9-15(25-18(20,21)22)10-16(19)17(14)24-12-23-11-13-7-4-3-5-8-13/h3-5,7-10H,11-12H2,1H3. The van der Waals surface area contributed by atoms with E-state index in [-0.39, 0.29) is 24.7 Å². The summed E-state index contributed by atoms with van der Waals surface area (Å²) in [5.41, 5.74) is 0.833. The summed E-state index contributed by atoms with van der Waals surface area (Å²) in [4.78, 5) is 0. The number of halogens is 4. The summed E-state index contributed by atoms with van der Waals surface area (Å²) < 4.78 is 65.0. The molecule has 0 unspecified atom stereocenters. The zero-order chi connectivity index (χ0) is 18.3. The third-order valence-corrected chi connectivity index (χ3v) is 2.91. The molecule has 0 saturated heterocycles. The van der Waals surface area contributed by atoms with Crippen molar-refractivity contribution in [3.8, 4) is 23.3 Å². The van der Waals surface area contributed by atoms with Crippen molar-refractivity contribution in [3.05, 3.63) is 59.4 Å². The van der Waals surface area contributed by atoms with Crippen LogP contribution in [0.5, 0.6) is 11.5 Å². The van der Waals surface area contributed by atoms with Crippen molar-refractivity contribution in [3.63, 3.8) is 0 Å². The van der Waals surface area contributed by atoms with Crippen LogP contribution >= 0.6 is 0 Å². The van der Waals surface area contributed by atoms with Gasteiger partial charge < -0.3 is 14.2 Å². The highest BCUT2D eigenvalue weighted by Gasteiger charge is 2.32. The van der Waals surface area contributed by atoms with Crippen LogP contribution in [0, 0.1) is 17.7 Å². The van der Waals surface area contributed by atoms with Crippen molar-refractivity contribution in [2.75, 3.05) is 6.79 Å². The van der Waals surface area contributed by atoms with Gasteiger partial charge in [0.15, 0.2) is 18.4 Å². The first-order chi connectivity index (χ1) is 11.9. The van der Waals surface area contributed by atoms with Crippen LogP contribution < -0.4 is 9.47 Å². The van der Waals surface area contributed by atoms with Crippen molar-refractivity contribution in [2.24, 2.45) is 0 Å². The molecule has 2 rings (SSSR count). The second-order valence-corrected chi connectivity index (χ2v) is 4.80. The van der Waals surface area contributed by atoms with Crippen LogP contribution in [-0.4, -0.2) is 13.2 Å². The average molecular weight is 354 g/mol. The summed E-state index contributed by atoms with van der Waals surface area (Å²) >= 11 is 0. The molecule has 2 aromatic carbocycles. The lowest BCUT2D eigenvalue weighted by Gasteiger charge is -2.13. The first-order valence-electron chi connectivity index (χ1n) is 7.15. The normalized spacial score (nSPS) is 10.8. The lowest BCUT2D eigenvalue weighted by molar-refractivity contribution is -0.274. The maximum atomic E-state index is 14.1. The Kier molecular flexibility index (Phi) is 6.25. The topological polar surface area (TPSA) is 27.7 Å². The molecule has 0 aliphatic heterocycles. The Morgan fingerprint density at radius 3 is 2.44 bits per heavy atom. The van der Waals surface area contributed by atoms with Crippen LogP contribution in [-0.2, 0) is 11.3 Å². The van der Waals surface area contributed by atoms with Gasteiger partial charge in [0.25, 0.3) is 0 Å². The van der Waals surface area contributed by atoms with Gasteiger partial charge in [-0.25, -0.2) is 4.39 Å². The Bertz CT molecular complexity index is 762. The lowest BCUT2D eigenvalue weighted by Crippen LogP contribution is -2.17. The van der Waals surface area contributed by atoms with Gasteiger partial charge in [0, 0.05) is 12.1 Å². The molecule has 0 atom stereocenters. The zero-order valence-electron chi connectivity index (χ0n) is 13.2. The molecule has 0 radical (unpaired) electrons. The van der Waals surface area contributed by atoms with E-state index in [0.29, 0.717) is 6.07 Å². The highest BCUT2D eigenvalue weighted by molar-refractivity contribution is 5.51. The van der Waals surface area contributed by atoms with E-state index in [9.17, 15) is 17.6 Å². The summed E-state index contributed by atoms with van der Waals surface area (Å²) in [7, 11) is 0. The van der Waals surface area contributed by atoms with Crippen LogP contribution in [0.25, 0.3) is 0 Å². The highest BCUT2D eigenvalue weighted by atomic mass is 19.4. The molecule has 0 aliphatic rings. The predicted octanol–water partition coefficient (Wildman–Crippen LogP) is 4.65. The van der Waals surface area contributed by atoms with Crippen LogP contribution in [0.2, 0.25) is 0 Å². The van der Waals surface area contributed by atoms with Gasteiger partial charge in [-0.05, 0) is 12.5 Å². The van der Waals surface area contributed by atoms with Gasteiger partial charge in [-0.15, -0.1) is 19.1 Å². The zero-order valence-corrected chi connectivity index (χ0v) is 13.2. The third-order valence-electron chi connectivity index (χ3n) is 2.91. The number of ether oxygens (including phenoxy) is 3. The minimum absolute atomic E-state index is 0.0648. The van der Waals surface area contributed by atoms with Crippen molar-refractivity contribution in [2.45, 2.75) is 19.9 Å². The Balaban J connectivity index is 2.06. The summed E-state index contributed by atoms with van der Waals surface area (Å²) in [6, 6.07) is 10.8. The first-order valence-corrected chi connectivity index (χ1v) is 7.15. The Morgan fingerprint density at radius 2 is 1.80 bits per heavy atom. The quantitative estimate of drug-likeness (QED) is 0.327. The molecule has 0 heterocycles. The van der Waals surface area contributed by atoms with Crippen LogP contribution in [0.4, 0.5) is 17.6 Å². The maximum Gasteiger partial charge on any atom is 0.573 e. The first kappa shape index (κ1) is 18.6. The third kappa shape index (κ3) is 6.01. The van der Waals surface area contributed by atoms with Crippen LogP contribution in [0.3, 0.4) is 0 Å². The van der Waals surface area contributed by atoms with E-state index in [4.69, 9.17) is 9.47 Å². The van der Waals surface area contributed by atoms with E-state index in [1.165, 1.54) is 6.92 Å². The smallest absolute Gasteiger partial charge is 0.463 e. The largest absolute Gasteiger partial charge is 0.573 e. The summed E-state index contributed by atoms with van der Waals surface area (Å²) in [6.07, 6.45) is -4.93. The number of alkyl halides is 3. The summed E-state index contributed by atoms with van der Waals surface area (Å²) in [6.45, 7) is 1.42. The maximum absolute atomic E-state index is 14.1. The highest BCUT2D eigenvalue weighted by Crippen LogP contribution is 2.31. The minimum Gasteiger partial charge on any atom is -0.463 e. The van der Waals surface area contributed by atoms with E-state index >= 15 is 0 Å². The number of hydrogen-bond donors (Lipinski definition) is 0. The van der Waals surface area contributed by atoms with Gasteiger partial charge in [-0.2, -0.15) is 0 Å². The Morgan fingerprint density at radius 1 is 1.08 bits per heavy atom. The van der Waals surface area contributed by atoms with Gasteiger partial charge in [0.1, 0.15) is 5.75 Å². The van der Waals surface area contributed by atoms with E-state index in [1.54, 1.807) is 0 Å². The van der Waals surface area contributed by atoms with Crippen molar-refractivity contribution >= 4 is 0 Å². The predicted molar refractivity (Wildman–Crippen MR) is 82.4 cm³/mol. The van der Waals surface area contributed by atoms with Crippen LogP contribution in [0.1, 0.15) is 18.1 Å². The van der Waals surface area contributed by atoms with E-state index in [2.05, 4.69) is 16.6 Å². The van der Waals surface area contributed by atoms with E-state index in [1.807, 2.05) is 30.3 Å². The molecular formula is C18H14F4O3. The molecule has 0 aromatic heterocycles.